The van der Waals surface area contributed by atoms with Crippen molar-refractivity contribution in [2.45, 2.75) is 12.5 Å². The molecule has 0 amide bonds. The Kier molecular flexibility index (Phi) is 5.09. The van der Waals surface area contributed by atoms with Crippen molar-refractivity contribution in [3.8, 4) is 0 Å². The lowest BCUT2D eigenvalue weighted by atomic mass is 10.0. The molecule has 5 heteroatoms. The molecule has 1 heterocycles. The minimum absolute atomic E-state index is 0.242. The van der Waals surface area contributed by atoms with E-state index in [0.717, 1.165) is 31.7 Å². The smallest absolute Gasteiger partial charge is 0.335 e. The Labute approximate surface area is 118 Å². The molecule has 1 N–H and O–H groups in total. The van der Waals surface area contributed by atoms with Crippen LogP contribution in [-0.2, 0) is 0 Å². The largest absolute Gasteiger partial charge is 0.478 e. The number of benzene rings is 1. The summed E-state index contributed by atoms with van der Waals surface area (Å²) in [4.78, 5) is 15.4. The quantitative estimate of drug-likeness (QED) is 0.896. The van der Waals surface area contributed by atoms with Gasteiger partial charge in [0.2, 0.25) is 0 Å². The molecule has 2 rings (SSSR count). The van der Waals surface area contributed by atoms with E-state index in [1.165, 1.54) is 0 Å². The van der Waals surface area contributed by atoms with E-state index in [1.807, 2.05) is 12.1 Å². The van der Waals surface area contributed by atoms with Crippen LogP contribution < -0.4 is 0 Å². The van der Waals surface area contributed by atoms with Gasteiger partial charge in [-0.05, 0) is 31.2 Å². The van der Waals surface area contributed by atoms with Gasteiger partial charge < -0.3 is 10.0 Å². The summed E-state index contributed by atoms with van der Waals surface area (Å²) in [5.74, 6) is -0.905. The SMILES string of the molecule is CN1CCN(CCCF)CC1c1ccc(C(=O)O)cc1. The second-order valence-electron chi connectivity index (χ2n) is 5.27. The van der Waals surface area contributed by atoms with Crippen LogP contribution in [0, 0.1) is 0 Å². The van der Waals surface area contributed by atoms with E-state index in [0.29, 0.717) is 12.0 Å². The first kappa shape index (κ1) is 14.9. The van der Waals surface area contributed by atoms with E-state index in [2.05, 4.69) is 16.8 Å². The summed E-state index contributed by atoms with van der Waals surface area (Å²) in [5.41, 5.74) is 1.42. The van der Waals surface area contributed by atoms with Crippen molar-refractivity contribution >= 4 is 5.97 Å². The lowest BCUT2D eigenvalue weighted by Gasteiger charge is -2.39. The molecule has 0 spiro atoms. The number of piperazine rings is 1. The van der Waals surface area contributed by atoms with Gasteiger partial charge in [-0.2, -0.15) is 0 Å². The number of hydrogen-bond donors (Lipinski definition) is 1. The molecule has 0 saturated carbocycles. The summed E-state index contributed by atoms with van der Waals surface area (Å²) in [5, 5.41) is 8.92. The molecule has 1 aromatic rings. The van der Waals surface area contributed by atoms with Gasteiger partial charge in [0.1, 0.15) is 0 Å². The van der Waals surface area contributed by atoms with Gasteiger partial charge in [0.25, 0.3) is 0 Å². The van der Waals surface area contributed by atoms with Crippen molar-refractivity contribution in [2.24, 2.45) is 0 Å². The zero-order valence-electron chi connectivity index (χ0n) is 11.8. The molecule has 1 aliphatic heterocycles. The van der Waals surface area contributed by atoms with Crippen molar-refractivity contribution in [1.29, 1.82) is 0 Å². The summed E-state index contributed by atoms with van der Waals surface area (Å²) in [6, 6.07) is 7.29. The maximum absolute atomic E-state index is 12.3. The van der Waals surface area contributed by atoms with E-state index < -0.39 is 5.97 Å². The number of hydrogen-bond acceptors (Lipinski definition) is 3. The first-order valence-electron chi connectivity index (χ1n) is 6.93. The highest BCUT2D eigenvalue weighted by Crippen LogP contribution is 2.24. The van der Waals surface area contributed by atoms with Crippen LogP contribution in [0.15, 0.2) is 24.3 Å². The van der Waals surface area contributed by atoms with Crippen LogP contribution >= 0.6 is 0 Å². The fourth-order valence-corrected chi connectivity index (χ4v) is 2.62. The number of alkyl halides is 1. The minimum atomic E-state index is -0.905. The standard InChI is InChI=1S/C15H21FN2O2/c1-17-9-10-18(8-2-7-16)11-14(17)12-3-5-13(6-4-12)15(19)20/h3-6,14H,2,7-11H2,1H3,(H,19,20). The van der Waals surface area contributed by atoms with Crippen LogP contribution in [0.2, 0.25) is 0 Å². The number of rotatable bonds is 5. The maximum atomic E-state index is 12.3. The Hall–Kier alpha value is -1.46. The maximum Gasteiger partial charge on any atom is 0.335 e. The Morgan fingerprint density at radius 3 is 2.65 bits per heavy atom. The van der Waals surface area contributed by atoms with Gasteiger partial charge in [0.15, 0.2) is 0 Å². The summed E-state index contributed by atoms with van der Waals surface area (Å²) in [6.45, 7) is 3.28. The summed E-state index contributed by atoms with van der Waals surface area (Å²) >= 11 is 0. The fraction of sp³-hybridized carbons (Fsp3) is 0.533. The van der Waals surface area contributed by atoms with Gasteiger partial charge in [-0.15, -0.1) is 0 Å². The normalized spacial score (nSPS) is 21.0. The van der Waals surface area contributed by atoms with Gasteiger partial charge in [0, 0.05) is 32.2 Å². The minimum Gasteiger partial charge on any atom is -0.478 e. The fourth-order valence-electron chi connectivity index (χ4n) is 2.62. The molecule has 1 fully saturated rings. The van der Waals surface area contributed by atoms with E-state index in [4.69, 9.17) is 5.11 Å². The van der Waals surface area contributed by atoms with Crippen molar-refractivity contribution in [1.82, 2.24) is 9.80 Å². The third-order valence-electron chi connectivity index (χ3n) is 3.88. The zero-order chi connectivity index (χ0) is 14.5. The van der Waals surface area contributed by atoms with E-state index in [-0.39, 0.29) is 12.7 Å². The monoisotopic (exact) mass is 280 g/mol. The van der Waals surface area contributed by atoms with Gasteiger partial charge in [-0.1, -0.05) is 12.1 Å². The van der Waals surface area contributed by atoms with Gasteiger partial charge in [-0.25, -0.2) is 4.79 Å². The van der Waals surface area contributed by atoms with Crippen molar-refractivity contribution in [3.05, 3.63) is 35.4 Å². The van der Waals surface area contributed by atoms with Crippen LogP contribution in [0.25, 0.3) is 0 Å². The topological polar surface area (TPSA) is 43.8 Å². The molecule has 1 aliphatic rings. The highest BCUT2D eigenvalue weighted by Gasteiger charge is 2.25. The average molecular weight is 280 g/mol. The van der Waals surface area contributed by atoms with Crippen molar-refractivity contribution in [3.63, 3.8) is 0 Å². The first-order valence-corrected chi connectivity index (χ1v) is 6.93. The Morgan fingerprint density at radius 2 is 2.05 bits per heavy atom. The summed E-state index contributed by atoms with van der Waals surface area (Å²) in [6.07, 6.45) is 0.578. The third-order valence-corrected chi connectivity index (χ3v) is 3.88. The van der Waals surface area contributed by atoms with Gasteiger partial charge in [-0.3, -0.25) is 9.29 Å². The number of carboxylic acids is 1. The second kappa shape index (κ2) is 6.81. The molecule has 20 heavy (non-hydrogen) atoms. The Balaban J connectivity index is 2.06. The Morgan fingerprint density at radius 1 is 1.35 bits per heavy atom. The molecule has 0 aliphatic carbocycles. The lowest BCUT2D eigenvalue weighted by Crippen LogP contribution is -2.46. The average Bonchev–Trinajstić information content (AvgIpc) is 2.46. The van der Waals surface area contributed by atoms with Crippen LogP contribution in [0.5, 0.6) is 0 Å². The second-order valence-corrected chi connectivity index (χ2v) is 5.27. The van der Waals surface area contributed by atoms with E-state index in [9.17, 15) is 9.18 Å². The predicted octanol–water partition coefficient (Wildman–Crippen LogP) is 2.03. The molecule has 0 radical (unpaired) electrons. The number of carboxylic acid groups (broad SMARTS) is 1. The van der Waals surface area contributed by atoms with Gasteiger partial charge >= 0.3 is 5.97 Å². The van der Waals surface area contributed by atoms with Crippen LogP contribution in [0.1, 0.15) is 28.4 Å². The zero-order valence-corrected chi connectivity index (χ0v) is 11.8. The molecule has 0 aromatic heterocycles. The lowest BCUT2D eigenvalue weighted by molar-refractivity contribution is 0.0696. The number of halogens is 1. The molecular formula is C15H21FN2O2. The van der Waals surface area contributed by atoms with Crippen LogP contribution in [-0.4, -0.2) is 60.8 Å². The number of nitrogens with zero attached hydrogens (tertiary/aromatic N) is 2. The van der Waals surface area contributed by atoms with Crippen molar-refractivity contribution in [2.75, 3.05) is 39.9 Å². The first-order chi connectivity index (χ1) is 9.61. The molecule has 110 valence electrons. The summed E-state index contributed by atoms with van der Waals surface area (Å²) in [7, 11) is 2.07. The highest BCUT2D eigenvalue weighted by molar-refractivity contribution is 5.87. The molecule has 1 aromatic carbocycles. The van der Waals surface area contributed by atoms with Crippen LogP contribution in [0.4, 0.5) is 4.39 Å². The van der Waals surface area contributed by atoms with E-state index >= 15 is 0 Å². The van der Waals surface area contributed by atoms with Crippen molar-refractivity contribution < 1.29 is 14.3 Å². The van der Waals surface area contributed by atoms with E-state index in [1.54, 1.807) is 12.1 Å². The predicted molar refractivity (Wildman–Crippen MR) is 75.8 cm³/mol. The molecule has 1 unspecified atom stereocenters. The van der Waals surface area contributed by atoms with Crippen LogP contribution in [0.3, 0.4) is 0 Å². The Bertz CT molecular complexity index is 448. The molecular weight excluding hydrogens is 259 g/mol. The number of carbonyl (C=O) groups is 1. The highest BCUT2D eigenvalue weighted by atomic mass is 19.1. The third kappa shape index (κ3) is 3.55. The van der Waals surface area contributed by atoms with Gasteiger partial charge in [0.05, 0.1) is 12.2 Å². The molecule has 1 atom stereocenters. The number of likely N-dealkylation sites (N-methyl/N-ethyl adjacent to an activating group) is 1. The summed E-state index contributed by atoms with van der Waals surface area (Å²) < 4.78 is 12.3. The molecule has 4 nitrogen and oxygen atoms in total. The number of aromatic carboxylic acids is 1. The molecule has 0 bridgehead atoms. The molecule has 1 saturated heterocycles.